The molecule has 30 heavy (non-hydrogen) atoms. The van der Waals surface area contributed by atoms with Gasteiger partial charge >= 0.3 is 5.97 Å². The minimum Gasteiger partial charge on any atom is -0.480 e. The summed E-state index contributed by atoms with van der Waals surface area (Å²) in [6, 6.07) is 10.6. The predicted octanol–water partition coefficient (Wildman–Crippen LogP) is 3.90. The molecule has 2 aromatic carbocycles. The predicted molar refractivity (Wildman–Crippen MR) is 125 cm³/mol. The Hall–Kier alpha value is -2.73. The molecule has 1 amide bonds. The van der Waals surface area contributed by atoms with Crippen LogP contribution in [0.25, 0.3) is 6.08 Å². The molecule has 0 aliphatic heterocycles. The Bertz CT molecular complexity index is 1060. The van der Waals surface area contributed by atoms with Gasteiger partial charge in [-0.2, -0.15) is 5.26 Å². The first-order chi connectivity index (χ1) is 14.2. The second kappa shape index (κ2) is 10.9. The van der Waals surface area contributed by atoms with Crippen molar-refractivity contribution in [3.05, 3.63) is 64.8 Å². The Balaban J connectivity index is 2.24. The number of esters is 1. The monoisotopic (exact) mass is 633 g/mol. The molecule has 1 N–H and O–H groups in total. The summed E-state index contributed by atoms with van der Waals surface area (Å²) in [5.74, 6) is -0.734. The fraction of sp³-hybridized carbons (Fsp3) is 0.105. The van der Waals surface area contributed by atoms with Gasteiger partial charge in [0.15, 0.2) is 6.61 Å². The van der Waals surface area contributed by atoms with E-state index in [1.54, 1.807) is 12.1 Å². The number of anilines is 1. The largest absolute Gasteiger partial charge is 0.480 e. The standard InChI is InChI=1S/C19H13I2N3O6/c1-29-17(25)10-30-18-15(20)6-11(7-16(18)21)5-12(9-22)19(26)23-13-3-2-4-14(8-13)24(27)28/h2-8H,10H2,1H3,(H,23,26)/b12-5+. The van der Waals surface area contributed by atoms with Crippen LogP contribution >= 0.6 is 45.2 Å². The zero-order chi connectivity index (χ0) is 22.3. The van der Waals surface area contributed by atoms with Gasteiger partial charge in [0, 0.05) is 17.8 Å². The number of rotatable bonds is 7. The Morgan fingerprint density at radius 1 is 1.27 bits per heavy atom. The number of carbonyl (C=O) groups excluding carboxylic acids is 2. The van der Waals surface area contributed by atoms with Gasteiger partial charge in [0.25, 0.3) is 11.6 Å². The van der Waals surface area contributed by atoms with Crippen LogP contribution in [0, 0.1) is 28.6 Å². The third-order valence-corrected chi connectivity index (χ3v) is 5.18. The number of ether oxygens (including phenoxy) is 2. The van der Waals surface area contributed by atoms with Crippen LogP contribution in [0.4, 0.5) is 11.4 Å². The number of nitro groups is 1. The molecule has 0 saturated heterocycles. The number of hydrogen-bond donors (Lipinski definition) is 1. The van der Waals surface area contributed by atoms with Crippen molar-refractivity contribution in [1.82, 2.24) is 0 Å². The smallest absolute Gasteiger partial charge is 0.343 e. The molecule has 0 atom stereocenters. The molecule has 0 radical (unpaired) electrons. The maximum absolute atomic E-state index is 12.4. The third kappa shape index (κ3) is 6.39. The number of nitrogens with one attached hydrogen (secondary N) is 1. The molecular weight excluding hydrogens is 620 g/mol. The second-order valence-corrected chi connectivity index (χ2v) is 7.93. The van der Waals surface area contributed by atoms with E-state index in [0.29, 0.717) is 18.5 Å². The maximum atomic E-state index is 12.4. The molecule has 11 heteroatoms. The first-order valence-electron chi connectivity index (χ1n) is 8.11. The zero-order valence-electron chi connectivity index (χ0n) is 15.3. The summed E-state index contributed by atoms with van der Waals surface area (Å²) in [4.78, 5) is 34.0. The highest BCUT2D eigenvalue weighted by atomic mass is 127. The number of carbonyl (C=O) groups is 2. The molecule has 154 valence electrons. The summed E-state index contributed by atoms with van der Waals surface area (Å²) in [5, 5.41) is 22.7. The summed E-state index contributed by atoms with van der Waals surface area (Å²) in [6.07, 6.45) is 1.39. The fourth-order valence-corrected chi connectivity index (χ4v) is 4.33. The van der Waals surface area contributed by atoms with Crippen LogP contribution in [0.5, 0.6) is 5.75 Å². The first-order valence-corrected chi connectivity index (χ1v) is 10.3. The zero-order valence-corrected chi connectivity index (χ0v) is 19.7. The number of halogens is 2. The van der Waals surface area contributed by atoms with Crippen LogP contribution < -0.4 is 10.1 Å². The summed E-state index contributed by atoms with van der Waals surface area (Å²) >= 11 is 4.03. The number of nitro benzene ring substituents is 1. The molecular formula is C19H13I2N3O6. The molecule has 0 saturated carbocycles. The molecule has 2 aromatic rings. The number of amides is 1. The molecule has 0 unspecified atom stereocenters. The van der Waals surface area contributed by atoms with Gasteiger partial charge < -0.3 is 14.8 Å². The van der Waals surface area contributed by atoms with Crippen molar-refractivity contribution in [1.29, 1.82) is 5.26 Å². The molecule has 0 bridgehead atoms. The van der Waals surface area contributed by atoms with Gasteiger partial charge in [-0.25, -0.2) is 4.79 Å². The average molecular weight is 633 g/mol. The first kappa shape index (κ1) is 23.5. The molecule has 9 nitrogen and oxygen atoms in total. The fourth-order valence-electron chi connectivity index (χ4n) is 2.20. The topological polar surface area (TPSA) is 132 Å². The highest BCUT2D eigenvalue weighted by Crippen LogP contribution is 2.30. The van der Waals surface area contributed by atoms with E-state index < -0.39 is 16.8 Å². The lowest BCUT2D eigenvalue weighted by Crippen LogP contribution is -2.14. The van der Waals surface area contributed by atoms with Crippen LogP contribution in [0.1, 0.15) is 5.56 Å². The Labute approximate surface area is 198 Å². The van der Waals surface area contributed by atoms with E-state index in [0.717, 1.165) is 0 Å². The van der Waals surface area contributed by atoms with Crippen molar-refractivity contribution in [3.8, 4) is 11.8 Å². The van der Waals surface area contributed by atoms with E-state index in [1.807, 2.05) is 51.3 Å². The van der Waals surface area contributed by atoms with Gasteiger partial charge in [-0.3, -0.25) is 14.9 Å². The number of methoxy groups -OCH3 is 1. The molecule has 0 aliphatic rings. The van der Waals surface area contributed by atoms with Crippen molar-refractivity contribution >= 4 is 74.5 Å². The molecule has 0 spiro atoms. The summed E-state index contributed by atoms with van der Waals surface area (Å²) in [7, 11) is 1.26. The molecule has 0 aromatic heterocycles. The molecule has 0 aliphatic carbocycles. The number of nitrogens with zero attached hydrogens (tertiary/aromatic N) is 2. The molecule has 0 heterocycles. The normalized spacial score (nSPS) is 10.7. The van der Waals surface area contributed by atoms with E-state index in [9.17, 15) is 25.0 Å². The Kier molecular flexibility index (Phi) is 8.54. The number of benzene rings is 2. The van der Waals surface area contributed by atoms with E-state index in [2.05, 4.69) is 10.1 Å². The Morgan fingerprint density at radius 2 is 1.93 bits per heavy atom. The summed E-state index contributed by atoms with van der Waals surface area (Å²) in [6.45, 7) is -0.243. The highest BCUT2D eigenvalue weighted by Gasteiger charge is 2.14. The van der Waals surface area contributed by atoms with Gasteiger partial charge in [-0.1, -0.05) is 6.07 Å². The highest BCUT2D eigenvalue weighted by molar-refractivity contribution is 14.1. The number of nitriles is 1. The number of non-ortho nitro benzene ring substituents is 1. The van der Waals surface area contributed by atoms with Crippen molar-refractivity contribution in [3.63, 3.8) is 0 Å². The van der Waals surface area contributed by atoms with Gasteiger partial charge in [0.05, 0.1) is 19.2 Å². The molecule has 2 rings (SSSR count). The van der Waals surface area contributed by atoms with E-state index in [4.69, 9.17) is 4.74 Å². The van der Waals surface area contributed by atoms with Gasteiger partial charge in [-0.15, -0.1) is 0 Å². The van der Waals surface area contributed by atoms with Crippen LogP contribution in [-0.2, 0) is 14.3 Å². The van der Waals surface area contributed by atoms with Crippen molar-refractivity contribution < 1.29 is 24.0 Å². The quantitative estimate of drug-likeness (QED) is 0.122. The lowest BCUT2D eigenvalue weighted by atomic mass is 10.1. The van der Waals surface area contributed by atoms with E-state index >= 15 is 0 Å². The van der Waals surface area contributed by atoms with Crippen LogP contribution in [0.15, 0.2) is 42.0 Å². The van der Waals surface area contributed by atoms with Gasteiger partial charge in [0.2, 0.25) is 0 Å². The number of hydrogen-bond acceptors (Lipinski definition) is 7. The third-order valence-electron chi connectivity index (χ3n) is 3.57. The van der Waals surface area contributed by atoms with Crippen molar-refractivity contribution in [2.75, 3.05) is 19.0 Å². The lowest BCUT2D eigenvalue weighted by Gasteiger charge is -2.10. The van der Waals surface area contributed by atoms with Gasteiger partial charge in [-0.05, 0) is 75.0 Å². The summed E-state index contributed by atoms with van der Waals surface area (Å²) < 4.78 is 11.3. The molecule has 0 fully saturated rings. The van der Waals surface area contributed by atoms with Crippen LogP contribution in [0.3, 0.4) is 0 Å². The minimum absolute atomic E-state index is 0.179. The van der Waals surface area contributed by atoms with Crippen LogP contribution in [-0.4, -0.2) is 30.5 Å². The lowest BCUT2D eigenvalue weighted by molar-refractivity contribution is -0.384. The summed E-state index contributed by atoms with van der Waals surface area (Å²) in [5.41, 5.74) is 0.407. The minimum atomic E-state index is -0.700. The second-order valence-electron chi connectivity index (χ2n) is 5.61. The van der Waals surface area contributed by atoms with E-state index in [1.165, 1.54) is 37.5 Å². The Morgan fingerprint density at radius 3 is 2.50 bits per heavy atom. The van der Waals surface area contributed by atoms with Crippen LogP contribution in [0.2, 0.25) is 0 Å². The maximum Gasteiger partial charge on any atom is 0.343 e. The average Bonchev–Trinajstić information content (AvgIpc) is 2.71. The van der Waals surface area contributed by atoms with E-state index in [-0.39, 0.29) is 23.6 Å². The van der Waals surface area contributed by atoms with Crippen molar-refractivity contribution in [2.24, 2.45) is 0 Å². The van der Waals surface area contributed by atoms with Crippen molar-refractivity contribution in [2.45, 2.75) is 0 Å². The van der Waals surface area contributed by atoms with Gasteiger partial charge in [0.1, 0.15) is 17.4 Å². The SMILES string of the molecule is COC(=O)COc1c(I)cc(/C=C(\C#N)C(=O)Nc2cccc([N+](=O)[O-])c2)cc1I.